The third-order valence-electron chi connectivity index (χ3n) is 5.08. The number of rotatable bonds is 11. The topological polar surface area (TPSA) is 94.3 Å². The third kappa shape index (κ3) is 6.07. The monoisotopic (exact) mass is 467 g/mol. The molecule has 0 saturated carbocycles. The van der Waals surface area contributed by atoms with Crippen LogP contribution in [0.15, 0.2) is 48.9 Å². The molecule has 0 aliphatic heterocycles. The maximum absolute atomic E-state index is 9.64. The van der Waals surface area contributed by atoms with Gasteiger partial charge in [0, 0.05) is 37.2 Å². The van der Waals surface area contributed by atoms with Crippen LogP contribution in [0.5, 0.6) is 11.5 Å². The Morgan fingerprint density at radius 3 is 2.82 bits per heavy atom. The number of aromatic nitrogens is 4. The number of anilines is 1. The molecule has 3 aromatic heterocycles. The van der Waals surface area contributed by atoms with Gasteiger partial charge >= 0.3 is 0 Å². The highest BCUT2D eigenvalue weighted by Gasteiger charge is 2.13. The van der Waals surface area contributed by atoms with E-state index in [9.17, 15) is 5.11 Å². The fourth-order valence-corrected chi connectivity index (χ4v) is 4.50. The highest BCUT2D eigenvalue weighted by molar-refractivity contribution is 7.22. The van der Waals surface area contributed by atoms with Gasteiger partial charge in [-0.3, -0.25) is 9.67 Å². The number of pyridine rings is 1. The zero-order valence-electron chi connectivity index (χ0n) is 19.1. The first-order valence-electron chi connectivity index (χ1n) is 11.0. The lowest BCUT2D eigenvalue weighted by Gasteiger charge is -2.17. The molecule has 174 valence electrons. The van der Waals surface area contributed by atoms with Crippen molar-refractivity contribution in [3.8, 4) is 22.8 Å². The number of nitrogens with one attached hydrogen (secondary N) is 1. The highest BCUT2D eigenvalue weighted by Crippen LogP contribution is 2.32. The lowest BCUT2D eigenvalue weighted by atomic mass is 10.0. The van der Waals surface area contributed by atoms with Gasteiger partial charge in [-0.05, 0) is 30.5 Å². The van der Waals surface area contributed by atoms with E-state index in [1.54, 1.807) is 30.8 Å². The molecule has 0 aliphatic carbocycles. The number of ether oxygens (including phenoxy) is 2. The summed E-state index contributed by atoms with van der Waals surface area (Å²) in [7, 11) is 1.67. The van der Waals surface area contributed by atoms with Crippen molar-refractivity contribution in [2.45, 2.75) is 32.9 Å². The maximum Gasteiger partial charge on any atom is 0.184 e. The number of thiazole rings is 1. The molecule has 4 aromatic rings. The van der Waals surface area contributed by atoms with Crippen LogP contribution in [0.3, 0.4) is 0 Å². The van der Waals surface area contributed by atoms with Crippen molar-refractivity contribution >= 4 is 26.7 Å². The number of aliphatic hydroxyl groups excluding tert-OH is 1. The SMILES string of the molecule is COCCn1cc(-c2cc(Oc3ccc4nc(N[C@@H](CO)CC(C)C)sc4c3)ccn2)cn1. The number of aliphatic hydroxyl groups is 1. The average molecular weight is 468 g/mol. The second-order valence-corrected chi connectivity index (χ2v) is 9.30. The molecule has 0 amide bonds. The van der Waals surface area contributed by atoms with Crippen molar-refractivity contribution in [1.29, 1.82) is 0 Å². The molecule has 33 heavy (non-hydrogen) atoms. The van der Waals surface area contributed by atoms with Crippen molar-refractivity contribution in [2.75, 3.05) is 25.6 Å². The Bertz CT molecular complexity index is 1190. The van der Waals surface area contributed by atoms with Crippen LogP contribution in [0.1, 0.15) is 20.3 Å². The van der Waals surface area contributed by atoms with Gasteiger partial charge in [-0.2, -0.15) is 5.10 Å². The zero-order valence-corrected chi connectivity index (χ0v) is 19.9. The van der Waals surface area contributed by atoms with Gasteiger partial charge < -0.3 is 19.9 Å². The Balaban J connectivity index is 1.47. The minimum Gasteiger partial charge on any atom is -0.457 e. The minimum atomic E-state index is -0.00428. The molecule has 4 rings (SSSR count). The number of hydrogen-bond acceptors (Lipinski definition) is 8. The third-order valence-corrected chi connectivity index (χ3v) is 6.03. The smallest absolute Gasteiger partial charge is 0.184 e. The predicted octanol–water partition coefficient (Wildman–Crippen LogP) is 4.81. The molecule has 0 spiro atoms. The summed E-state index contributed by atoms with van der Waals surface area (Å²) >= 11 is 1.56. The van der Waals surface area contributed by atoms with Crippen molar-refractivity contribution in [2.24, 2.45) is 5.92 Å². The molecule has 3 heterocycles. The van der Waals surface area contributed by atoms with Crippen molar-refractivity contribution in [1.82, 2.24) is 19.7 Å². The number of methoxy groups -OCH3 is 1. The number of nitrogens with zero attached hydrogens (tertiary/aromatic N) is 4. The summed E-state index contributed by atoms with van der Waals surface area (Å²) in [5.74, 6) is 1.92. The Kier molecular flexibility index (Phi) is 7.54. The van der Waals surface area contributed by atoms with Crippen LogP contribution in [0, 0.1) is 5.92 Å². The molecule has 0 unspecified atom stereocenters. The molecular weight excluding hydrogens is 438 g/mol. The molecule has 0 aliphatic rings. The Morgan fingerprint density at radius 1 is 1.18 bits per heavy atom. The summed E-state index contributed by atoms with van der Waals surface area (Å²) in [4.78, 5) is 9.10. The Morgan fingerprint density at radius 2 is 2.03 bits per heavy atom. The highest BCUT2D eigenvalue weighted by atomic mass is 32.1. The summed E-state index contributed by atoms with van der Waals surface area (Å²) in [5.41, 5.74) is 2.61. The molecule has 0 bridgehead atoms. The van der Waals surface area contributed by atoms with Crippen LogP contribution in [-0.4, -0.2) is 51.2 Å². The van der Waals surface area contributed by atoms with E-state index in [-0.39, 0.29) is 12.6 Å². The van der Waals surface area contributed by atoms with E-state index in [2.05, 4.69) is 34.2 Å². The van der Waals surface area contributed by atoms with Gasteiger partial charge in [-0.25, -0.2) is 4.98 Å². The van der Waals surface area contributed by atoms with Crippen LogP contribution in [0.2, 0.25) is 0 Å². The van der Waals surface area contributed by atoms with Gasteiger partial charge in [0.2, 0.25) is 0 Å². The lowest BCUT2D eigenvalue weighted by Crippen LogP contribution is -2.25. The van der Waals surface area contributed by atoms with Gasteiger partial charge in [-0.1, -0.05) is 25.2 Å². The average Bonchev–Trinajstić information content (AvgIpc) is 3.43. The zero-order chi connectivity index (χ0) is 23.2. The van der Waals surface area contributed by atoms with Crippen molar-refractivity contribution < 1.29 is 14.6 Å². The molecule has 1 aromatic carbocycles. The van der Waals surface area contributed by atoms with Gasteiger partial charge in [0.1, 0.15) is 11.5 Å². The van der Waals surface area contributed by atoms with Gasteiger partial charge in [0.15, 0.2) is 5.13 Å². The lowest BCUT2D eigenvalue weighted by molar-refractivity contribution is 0.183. The van der Waals surface area contributed by atoms with E-state index in [4.69, 9.17) is 9.47 Å². The largest absolute Gasteiger partial charge is 0.457 e. The molecule has 0 fully saturated rings. The summed E-state index contributed by atoms with van der Waals surface area (Å²) in [5, 5.41) is 18.1. The molecule has 9 heteroatoms. The Labute approximate surface area is 197 Å². The maximum atomic E-state index is 9.64. The summed E-state index contributed by atoms with van der Waals surface area (Å²) < 4.78 is 14.1. The van der Waals surface area contributed by atoms with E-state index in [1.807, 2.05) is 41.2 Å². The summed E-state index contributed by atoms with van der Waals surface area (Å²) in [6, 6.07) is 9.57. The number of benzene rings is 1. The van der Waals surface area contributed by atoms with Gasteiger partial charge in [0.25, 0.3) is 0 Å². The van der Waals surface area contributed by atoms with Crippen LogP contribution in [0.4, 0.5) is 5.13 Å². The summed E-state index contributed by atoms with van der Waals surface area (Å²) in [6.07, 6.45) is 6.35. The Hall–Kier alpha value is -3.01. The predicted molar refractivity (Wildman–Crippen MR) is 131 cm³/mol. The molecule has 2 N–H and O–H groups in total. The standard InChI is InChI=1S/C24H29N5O3S/c1-16(2)10-18(15-30)27-24-28-21-5-4-19(12-23(21)33-24)32-20-6-7-25-22(11-20)17-13-26-29(14-17)8-9-31-3/h4-7,11-14,16,18,30H,8-10,15H2,1-3H3,(H,27,28)/t18-/m1/s1. The normalized spacial score (nSPS) is 12.4. The minimum absolute atomic E-state index is 0.00428. The van der Waals surface area contributed by atoms with Gasteiger partial charge in [0.05, 0.1) is 47.9 Å². The van der Waals surface area contributed by atoms with Crippen molar-refractivity contribution in [3.05, 3.63) is 48.9 Å². The fraction of sp³-hybridized carbons (Fsp3) is 0.375. The first-order valence-corrected chi connectivity index (χ1v) is 11.8. The van der Waals surface area contributed by atoms with Crippen LogP contribution >= 0.6 is 11.3 Å². The molecule has 0 saturated heterocycles. The van der Waals surface area contributed by atoms with E-state index in [1.165, 1.54) is 0 Å². The second kappa shape index (κ2) is 10.7. The first-order chi connectivity index (χ1) is 16.0. The molecular formula is C24H29N5O3S. The van der Waals surface area contributed by atoms with Crippen LogP contribution in [0.25, 0.3) is 21.5 Å². The van der Waals surface area contributed by atoms with E-state index in [0.717, 1.165) is 38.8 Å². The summed E-state index contributed by atoms with van der Waals surface area (Å²) in [6.45, 7) is 5.66. The van der Waals surface area contributed by atoms with E-state index < -0.39 is 0 Å². The van der Waals surface area contributed by atoms with Crippen LogP contribution in [-0.2, 0) is 11.3 Å². The molecule has 0 radical (unpaired) electrons. The first kappa shape index (κ1) is 23.2. The second-order valence-electron chi connectivity index (χ2n) is 8.27. The van der Waals surface area contributed by atoms with Gasteiger partial charge in [-0.15, -0.1) is 0 Å². The number of fused-ring (bicyclic) bond motifs is 1. The quantitative estimate of drug-likeness (QED) is 0.327. The van der Waals surface area contributed by atoms with Crippen molar-refractivity contribution in [3.63, 3.8) is 0 Å². The molecule has 8 nitrogen and oxygen atoms in total. The van der Waals surface area contributed by atoms with E-state index >= 15 is 0 Å². The van der Waals surface area contributed by atoms with E-state index in [0.29, 0.717) is 24.8 Å². The molecule has 1 atom stereocenters. The van der Waals surface area contributed by atoms with Crippen LogP contribution < -0.4 is 10.1 Å². The fourth-order valence-electron chi connectivity index (χ4n) is 3.52. The number of hydrogen-bond donors (Lipinski definition) is 2.